The van der Waals surface area contributed by atoms with Gasteiger partial charge in [-0.2, -0.15) is 0 Å². The van der Waals surface area contributed by atoms with Gasteiger partial charge in [-0.3, -0.25) is 14.9 Å². The molecular formula is C10H8Cl2N4O2S. The predicted molar refractivity (Wildman–Crippen MR) is 74.0 cm³/mol. The summed E-state index contributed by atoms with van der Waals surface area (Å²) in [6, 6.07) is 1.33. The highest BCUT2D eigenvalue weighted by Crippen LogP contribution is 2.14. The fourth-order valence-electron chi connectivity index (χ4n) is 1.34. The van der Waals surface area contributed by atoms with Gasteiger partial charge in [-0.05, 0) is 13.0 Å². The fraction of sp³-hybridized carbons (Fsp3) is 0.200. The molecule has 2 aromatic heterocycles. The molecule has 0 aliphatic rings. The molecule has 0 saturated heterocycles. The number of carbonyl (C=O) groups excluding carboxylic acids is 1. The first kappa shape index (κ1) is 14.0. The van der Waals surface area contributed by atoms with E-state index < -0.39 is 11.5 Å². The summed E-state index contributed by atoms with van der Waals surface area (Å²) in [5, 5.41) is 11.4. The number of aromatic nitrogens is 3. The van der Waals surface area contributed by atoms with Crippen LogP contribution in [0.4, 0.5) is 5.13 Å². The first-order chi connectivity index (χ1) is 8.95. The minimum Gasteiger partial charge on any atom is -0.303 e. The van der Waals surface area contributed by atoms with E-state index in [9.17, 15) is 9.59 Å². The summed E-state index contributed by atoms with van der Waals surface area (Å²) in [7, 11) is 0. The van der Waals surface area contributed by atoms with Crippen molar-refractivity contribution in [3.8, 4) is 0 Å². The monoisotopic (exact) mass is 318 g/mol. The lowest BCUT2D eigenvalue weighted by Gasteiger charge is -2.06. The van der Waals surface area contributed by atoms with Crippen LogP contribution in [0.2, 0.25) is 10.0 Å². The zero-order valence-corrected chi connectivity index (χ0v) is 12.0. The van der Waals surface area contributed by atoms with Crippen LogP contribution in [0, 0.1) is 6.92 Å². The molecule has 0 atom stereocenters. The maximum absolute atomic E-state index is 11.7. The third-order valence-electron chi connectivity index (χ3n) is 2.10. The van der Waals surface area contributed by atoms with Crippen LogP contribution in [-0.2, 0) is 11.3 Å². The molecule has 0 radical (unpaired) electrons. The molecule has 19 heavy (non-hydrogen) atoms. The molecule has 2 heterocycles. The highest BCUT2D eigenvalue weighted by atomic mass is 35.5. The van der Waals surface area contributed by atoms with E-state index in [1.54, 1.807) is 6.92 Å². The van der Waals surface area contributed by atoms with Gasteiger partial charge in [0.05, 0.1) is 5.02 Å². The molecule has 0 bridgehead atoms. The number of carbonyl (C=O) groups is 1. The van der Waals surface area contributed by atoms with Crippen molar-refractivity contribution in [2.24, 2.45) is 0 Å². The maximum atomic E-state index is 11.7. The van der Waals surface area contributed by atoms with Crippen LogP contribution in [0.5, 0.6) is 0 Å². The number of amides is 1. The van der Waals surface area contributed by atoms with Crippen LogP contribution in [0.1, 0.15) is 5.01 Å². The Morgan fingerprint density at radius 2 is 2.21 bits per heavy atom. The van der Waals surface area contributed by atoms with Crippen molar-refractivity contribution < 1.29 is 4.79 Å². The molecule has 9 heteroatoms. The standard InChI is InChI=1S/C10H8Cl2N4O2S/c1-5-14-15-10(19-5)13-8(17)4-16-3-6(11)2-7(12)9(16)18/h2-3H,4H2,1H3,(H,13,15,17). The number of nitrogens with zero attached hydrogens (tertiary/aromatic N) is 3. The zero-order valence-electron chi connectivity index (χ0n) is 9.68. The number of hydrogen-bond donors (Lipinski definition) is 1. The van der Waals surface area contributed by atoms with Crippen LogP contribution < -0.4 is 10.9 Å². The molecule has 1 amide bonds. The summed E-state index contributed by atoms with van der Waals surface area (Å²) in [6.45, 7) is 1.58. The van der Waals surface area contributed by atoms with E-state index >= 15 is 0 Å². The Kier molecular flexibility index (Phi) is 4.18. The molecule has 0 spiro atoms. The van der Waals surface area contributed by atoms with E-state index in [4.69, 9.17) is 23.2 Å². The minimum atomic E-state index is -0.477. The van der Waals surface area contributed by atoms with E-state index in [0.29, 0.717) is 5.13 Å². The number of aryl methyl sites for hydroxylation is 1. The molecule has 0 unspecified atom stereocenters. The molecule has 6 nitrogen and oxygen atoms in total. The van der Waals surface area contributed by atoms with Crippen molar-refractivity contribution in [3.05, 3.63) is 37.7 Å². The molecule has 0 fully saturated rings. The Bertz CT molecular complexity index is 682. The minimum absolute atomic E-state index is 0.0351. The average molecular weight is 319 g/mol. The first-order valence-corrected chi connectivity index (χ1v) is 6.68. The Morgan fingerprint density at radius 1 is 1.47 bits per heavy atom. The first-order valence-electron chi connectivity index (χ1n) is 5.11. The highest BCUT2D eigenvalue weighted by molar-refractivity contribution is 7.15. The third-order valence-corrected chi connectivity index (χ3v) is 3.33. The topological polar surface area (TPSA) is 76.9 Å². The lowest BCUT2D eigenvalue weighted by molar-refractivity contribution is -0.116. The Labute approximate surface area is 122 Å². The van der Waals surface area contributed by atoms with Gasteiger partial charge in [-0.15, -0.1) is 10.2 Å². The van der Waals surface area contributed by atoms with Crippen molar-refractivity contribution in [2.75, 3.05) is 5.32 Å². The van der Waals surface area contributed by atoms with E-state index in [0.717, 1.165) is 9.57 Å². The molecule has 0 aromatic carbocycles. The smallest absolute Gasteiger partial charge is 0.269 e. The quantitative estimate of drug-likeness (QED) is 0.938. The molecule has 2 rings (SSSR count). The zero-order chi connectivity index (χ0) is 14.0. The van der Waals surface area contributed by atoms with Gasteiger partial charge in [0.15, 0.2) is 0 Å². The van der Waals surface area contributed by atoms with Gasteiger partial charge in [0.25, 0.3) is 5.56 Å². The lowest BCUT2D eigenvalue weighted by Crippen LogP contribution is -2.27. The summed E-state index contributed by atoms with van der Waals surface area (Å²) in [5.74, 6) is -0.406. The number of anilines is 1. The van der Waals surface area contributed by atoms with E-state index in [1.807, 2.05) is 0 Å². The molecule has 0 saturated carbocycles. The molecular weight excluding hydrogens is 311 g/mol. The lowest BCUT2D eigenvalue weighted by atomic mass is 10.4. The van der Waals surface area contributed by atoms with Gasteiger partial charge in [0, 0.05) is 6.20 Å². The van der Waals surface area contributed by atoms with Crippen LogP contribution in [0.15, 0.2) is 17.1 Å². The summed E-state index contributed by atoms with van der Waals surface area (Å²) in [4.78, 5) is 23.4. The van der Waals surface area contributed by atoms with Crippen molar-refractivity contribution >= 4 is 45.6 Å². The van der Waals surface area contributed by atoms with E-state index in [-0.39, 0.29) is 16.6 Å². The average Bonchev–Trinajstić information content (AvgIpc) is 2.70. The summed E-state index contributed by atoms with van der Waals surface area (Å²) in [6.07, 6.45) is 1.35. The molecule has 100 valence electrons. The van der Waals surface area contributed by atoms with Gasteiger partial charge < -0.3 is 4.57 Å². The van der Waals surface area contributed by atoms with Gasteiger partial charge >= 0.3 is 0 Å². The Hall–Kier alpha value is -1.44. The summed E-state index contributed by atoms with van der Waals surface area (Å²) < 4.78 is 1.13. The van der Waals surface area contributed by atoms with Crippen LogP contribution >= 0.6 is 34.5 Å². The molecule has 1 N–H and O–H groups in total. The number of hydrogen-bond acceptors (Lipinski definition) is 5. The fourth-order valence-corrected chi connectivity index (χ4v) is 2.46. The van der Waals surface area contributed by atoms with Crippen LogP contribution in [0.25, 0.3) is 0 Å². The second-order valence-electron chi connectivity index (χ2n) is 3.61. The van der Waals surface area contributed by atoms with Crippen molar-refractivity contribution in [1.29, 1.82) is 0 Å². The number of halogens is 2. The molecule has 2 aromatic rings. The van der Waals surface area contributed by atoms with Crippen molar-refractivity contribution in [2.45, 2.75) is 13.5 Å². The second-order valence-corrected chi connectivity index (χ2v) is 5.64. The summed E-state index contributed by atoms with van der Waals surface area (Å²) >= 11 is 12.7. The Balaban J connectivity index is 2.13. The second kappa shape index (κ2) is 5.68. The van der Waals surface area contributed by atoms with E-state index in [1.165, 1.54) is 23.6 Å². The normalized spacial score (nSPS) is 10.5. The SMILES string of the molecule is Cc1nnc(NC(=O)Cn2cc(Cl)cc(Cl)c2=O)s1. The molecule has 0 aliphatic heterocycles. The van der Waals surface area contributed by atoms with Crippen molar-refractivity contribution in [3.63, 3.8) is 0 Å². The Morgan fingerprint density at radius 3 is 2.84 bits per heavy atom. The largest absolute Gasteiger partial charge is 0.303 e. The maximum Gasteiger partial charge on any atom is 0.269 e. The van der Waals surface area contributed by atoms with Crippen LogP contribution in [-0.4, -0.2) is 20.7 Å². The van der Waals surface area contributed by atoms with Crippen molar-refractivity contribution in [1.82, 2.24) is 14.8 Å². The highest BCUT2D eigenvalue weighted by Gasteiger charge is 2.10. The van der Waals surface area contributed by atoms with Gasteiger partial charge in [-0.25, -0.2) is 0 Å². The van der Waals surface area contributed by atoms with E-state index in [2.05, 4.69) is 15.5 Å². The van der Waals surface area contributed by atoms with Crippen LogP contribution in [0.3, 0.4) is 0 Å². The van der Waals surface area contributed by atoms with Gasteiger partial charge in [0.2, 0.25) is 11.0 Å². The van der Waals surface area contributed by atoms with Gasteiger partial charge in [0.1, 0.15) is 16.6 Å². The number of nitrogens with one attached hydrogen (secondary N) is 1. The van der Waals surface area contributed by atoms with Gasteiger partial charge in [-0.1, -0.05) is 34.5 Å². The number of pyridine rings is 1. The summed E-state index contributed by atoms with van der Waals surface area (Å²) in [5.41, 5.74) is -0.477. The predicted octanol–water partition coefficient (Wildman–Crippen LogP) is 1.95. The third kappa shape index (κ3) is 3.52. The number of rotatable bonds is 3. The molecule has 0 aliphatic carbocycles.